The van der Waals surface area contributed by atoms with Gasteiger partial charge < -0.3 is 4.90 Å². The summed E-state index contributed by atoms with van der Waals surface area (Å²) in [7, 11) is 1.62. The first-order valence-electron chi connectivity index (χ1n) is 8.31. The minimum atomic E-state index is -0.366. The van der Waals surface area contributed by atoms with Crippen molar-refractivity contribution >= 4 is 16.9 Å². The highest BCUT2D eigenvalue weighted by Crippen LogP contribution is 2.14. The summed E-state index contributed by atoms with van der Waals surface area (Å²) in [5.74, 6) is -0.519. The van der Waals surface area contributed by atoms with E-state index in [9.17, 15) is 14.0 Å². The molecule has 138 valence electrons. The first kappa shape index (κ1) is 18.3. The molecule has 9 heteroatoms. The lowest BCUT2D eigenvalue weighted by Crippen LogP contribution is -2.30. The SMILES string of the molecule is CN(CCC#N)C(=O)CCn1cnc2c(cnn2-c2ccc(F)cc2)c1=O. The monoisotopic (exact) mass is 368 g/mol. The molecule has 0 unspecified atom stereocenters. The van der Waals surface area contributed by atoms with Crippen molar-refractivity contribution in [2.75, 3.05) is 13.6 Å². The summed E-state index contributed by atoms with van der Waals surface area (Å²) in [5.41, 5.74) is 0.645. The predicted octanol–water partition coefficient (Wildman–Crippen LogP) is 1.48. The Morgan fingerprint density at radius 2 is 2.07 bits per heavy atom. The van der Waals surface area contributed by atoms with Gasteiger partial charge in [-0.15, -0.1) is 0 Å². The van der Waals surface area contributed by atoms with Crippen molar-refractivity contribution in [2.45, 2.75) is 19.4 Å². The topological polar surface area (TPSA) is 96.8 Å². The van der Waals surface area contributed by atoms with Gasteiger partial charge in [-0.2, -0.15) is 10.4 Å². The number of hydrogen-bond acceptors (Lipinski definition) is 5. The summed E-state index contributed by atoms with van der Waals surface area (Å²) in [5, 5.41) is 13.1. The van der Waals surface area contributed by atoms with E-state index in [1.165, 1.54) is 38.8 Å². The van der Waals surface area contributed by atoms with Crippen LogP contribution in [0.25, 0.3) is 16.7 Å². The molecule has 0 aliphatic heterocycles. The molecule has 1 aromatic carbocycles. The van der Waals surface area contributed by atoms with E-state index in [4.69, 9.17) is 5.26 Å². The number of carbonyl (C=O) groups excluding carboxylic acids is 1. The van der Waals surface area contributed by atoms with Crippen molar-refractivity contribution in [2.24, 2.45) is 0 Å². The smallest absolute Gasteiger partial charge is 0.264 e. The van der Waals surface area contributed by atoms with E-state index < -0.39 is 0 Å². The van der Waals surface area contributed by atoms with Crippen LogP contribution in [0, 0.1) is 17.1 Å². The van der Waals surface area contributed by atoms with Gasteiger partial charge in [0.15, 0.2) is 5.65 Å². The third-order valence-corrected chi connectivity index (χ3v) is 4.18. The molecule has 0 N–H and O–H groups in total. The fourth-order valence-electron chi connectivity index (χ4n) is 2.63. The molecule has 0 spiro atoms. The molecule has 0 aliphatic rings. The Morgan fingerprint density at radius 1 is 1.33 bits per heavy atom. The molecule has 0 atom stereocenters. The molecule has 27 heavy (non-hydrogen) atoms. The van der Waals surface area contributed by atoms with Crippen LogP contribution in [0.15, 0.2) is 41.6 Å². The van der Waals surface area contributed by atoms with E-state index in [2.05, 4.69) is 10.1 Å². The minimum Gasteiger partial charge on any atom is -0.345 e. The van der Waals surface area contributed by atoms with Gasteiger partial charge in [-0.3, -0.25) is 14.2 Å². The Hall–Kier alpha value is -3.54. The summed E-state index contributed by atoms with van der Waals surface area (Å²) in [6.07, 6.45) is 3.17. The molecular formula is C18H17FN6O2. The number of fused-ring (bicyclic) bond motifs is 1. The van der Waals surface area contributed by atoms with Crippen LogP contribution in [0.5, 0.6) is 0 Å². The Balaban J connectivity index is 1.80. The van der Waals surface area contributed by atoms with Gasteiger partial charge in [-0.05, 0) is 24.3 Å². The predicted molar refractivity (Wildman–Crippen MR) is 95.6 cm³/mol. The molecule has 0 radical (unpaired) electrons. The number of nitriles is 1. The average Bonchev–Trinajstić information content (AvgIpc) is 3.10. The lowest BCUT2D eigenvalue weighted by atomic mass is 10.3. The van der Waals surface area contributed by atoms with E-state index in [0.717, 1.165) is 0 Å². The van der Waals surface area contributed by atoms with Gasteiger partial charge in [0.2, 0.25) is 5.91 Å². The van der Waals surface area contributed by atoms with Gasteiger partial charge >= 0.3 is 0 Å². The second-order valence-electron chi connectivity index (χ2n) is 5.99. The minimum absolute atomic E-state index is 0.126. The van der Waals surface area contributed by atoms with Crippen molar-refractivity contribution in [1.82, 2.24) is 24.2 Å². The summed E-state index contributed by atoms with van der Waals surface area (Å²) < 4.78 is 15.9. The molecule has 0 saturated heterocycles. The van der Waals surface area contributed by atoms with Crippen molar-refractivity contribution in [3.05, 3.63) is 53.0 Å². The summed E-state index contributed by atoms with van der Waals surface area (Å²) in [6.45, 7) is 0.533. The highest BCUT2D eigenvalue weighted by atomic mass is 19.1. The Morgan fingerprint density at radius 3 is 2.78 bits per heavy atom. The lowest BCUT2D eigenvalue weighted by Gasteiger charge is -2.15. The maximum atomic E-state index is 13.1. The molecule has 8 nitrogen and oxygen atoms in total. The molecule has 0 bridgehead atoms. The van der Waals surface area contributed by atoms with Gasteiger partial charge in [0.05, 0.1) is 30.7 Å². The number of amides is 1. The van der Waals surface area contributed by atoms with Crippen LogP contribution < -0.4 is 5.56 Å². The van der Waals surface area contributed by atoms with Crippen LogP contribution in [-0.2, 0) is 11.3 Å². The zero-order chi connectivity index (χ0) is 19.4. The first-order chi connectivity index (χ1) is 13.0. The van der Waals surface area contributed by atoms with Crippen LogP contribution >= 0.6 is 0 Å². The molecule has 0 aliphatic carbocycles. The van der Waals surface area contributed by atoms with Gasteiger partial charge in [-0.1, -0.05) is 0 Å². The maximum absolute atomic E-state index is 13.1. The molecule has 2 heterocycles. The fraction of sp³-hybridized carbons (Fsp3) is 0.278. The average molecular weight is 368 g/mol. The highest BCUT2D eigenvalue weighted by molar-refractivity contribution is 5.76. The fourth-order valence-corrected chi connectivity index (χ4v) is 2.63. The van der Waals surface area contributed by atoms with Crippen molar-refractivity contribution in [1.29, 1.82) is 5.26 Å². The van der Waals surface area contributed by atoms with Gasteiger partial charge in [0.1, 0.15) is 11.2 Å². The summed E-state index contributed by atoms with van der Waals surface area (Å²) in [4.78, 5) is 30.4. The molecule has 0 fully saturated rings. The van der Waals surface area contributed by atoms with Gasteiger partial charge in [0, 0.05) is 26.6 Å². The third kappa shape index (κ3) is 3.84. The number of aryl methyl sites for hydroxylation is 1. The van der Waals surface area contributed by atoms with Crippen molar-refractivity contribution in [3.8, 4) is 11.8 Å². The number of rotatable bonds is 6. The van der Waals surface area contributed by atoms with Gasteiger partial charge in [0.25, 0.3) is 5.56 Å². The molecule has 1 amide bonds. The van der Waals surface area contributed by atoms with Crippen LogP contribution in [0.2, 0.25) is 0 Å². The molecule has 0 saturated carbocycles. The first-order valence-corrected chi connectivity index (χ1v) is 8.31. The number of nitrogens with zero attached hydrogens (tertiary/aromatic N) is 6. The Bertz CT molecular complexity index is 1060. The number of benzene rings is 1. The number of hydrogen-bond donors (Lipinski definition) is 0. The van der Waals surface area contributed by atoms with Gasteiger partial charge in [-0.25, -0.2) is 14.1 Å². The van der Waals surface area contributed by atoms with E-state index in [-0.39, 0.29) is 36.7 Å². The number of aromatic nitrogens is 4. The van der Waals surface area contributed by atoms with Crippen LogP contribution in [0.4, 0.5) is 4.39 Å². The zero-order valence-electron chi connectivity index (χ0n) is 14.7. The largest absolute Gasteiger partial charge is 0.345 e. The standard InChI is InChI=1S/C18H17FN6O2/c1-23(9-2-8-20)16(26)7-10-24-12-21-17-15(18(24)27)11-22-25(17)14-5-3-13(19)4-6-14/h3-6,11-12H,2,7,9-10H2,1H3. The van der Waals surface area contributed by atoms with Crippen LogP contribution in [-0.4, -0.2) is 43.7 Å². The van der Waals surface area contributed by atoms with E-state index in [1.54, 1.807) is 19.2 Å². The molecule has 3 aromatic rings. The van der Waals surface area contributed by atoms with Crippen LogP contribution in [0.1, 0.15) is 12.8 Å². The normalized spacial score (nSPS) is 10.7. The number of carbonyl (C=O) groups is 1. The molecule has 2 aromatic heterocycles. The maximum Gasteiger partial charge on any atom is 0.264 e. The van der Waals surface area contributed by atoms with Crippen molar-refractivity contribution in [3.63, 3.8) is 0 Å². The second-order valence-corrected chi connectivity index (χ2v) is 5.99. The second kappa shape index (κ2) is 7.78. The van der Waals surface area contributed by atoms with Crippen LogP contribution in [0.3, 0.4) is 0 Å². The summed E-state index contributed by atoms with van der Waals surface area (Å²) >= 11 is 0. The van der Waals surface area contributed by atoms with E-state index in [0.29, 0.717) is 23.3 Å². The van der Waals surface area contributed by atoms with E-state index in [1.807, 2.05) is 6.07 Å². The zero-order valence-corrected chi connectivity index (χ0v) is 14.7. The molecular weight excluding hydrogens is 351 g/mol. The van der Waals surface area contributed by atoms with E-state index >= 15 is 0 Å². The van der Waals surface area contributed by atoms with Crippen molar-refractivity contribution < 1.29 is 9.18 Å². The Kier molecular flexibility index (Phi) is 5.26. The third-order valence-electron chi connectivity index (χ3n) is 4.18. The lowest BCUT2D eigenvalue weighted by molar-refractivity contribution is -0.130. The summed E-state index contributed by atoms with van der Waals surface area (Å²) in [6, 6.07) is 7.69. The Labute approximate surface area is 154 Å². The highest BCUT2D eigenvalue weighted by Gasteiger charge is 2.13. The quantitative estimate of drug-likeness (QED) is 0.657. The molecule has 3 rings (SSSR count). The number of halogens is 1.